The summed E-state index contributed by atoms with van der Waals surface area (Å²) in [6, 6.07) is 6.75. The molecule has 7 nitrogen and oxygen atoms in total. The van der Waals surface area contributed by atoms with Crippen molar-refractivity contribution in [3.05, 3.63) is 46.2 Å². The van der Waals surface area contributed by atoms with Crippen molar-refractivity contribution >= 4 is 22.7 Å². The van der Waals surface area contributed by atoms with E-state index in [0.29, 0.717) is 22.5 Å². The molecule has 0 spiro atoms. The summed E-state index contributed by atoms with van der Waals surface area (Å²) in [4.78, 5) is 26.2. The van der Waals surface area contributed by atoms with Crippen LogP contribution in [0.1, 0.15) is 37.0 Å². The minimum Gasteiger partial charge on any atom is -0.408 e. The van der Waals surface area contributed by atoms with Gasteiger partial charge in [-0.2, -0.15) is 5.10 Å². The predicted octanol–water partition coefficient (Wildman–Crippen LogP) is 2.40. The Morgan fingerprint density at radius 2 is 2.04 bits per heavy atom. The molecule has 0 aliphatic rings. The summed E-state index contributed by atoms with van der Waals surface area (Å²) < 4.78 is 6.50. The number of carbonyl (C=O) groups excluding carboxylic acids is 1. The highest BCUT2D eigenvalue weighted by molar-refractivity contribution is 6.03. The molecule has 0 aliphatic carbocycles. The molecule has 0 saturated heterocycles. The number of benzene rings is 1. The Morgan fingerprint density at radius 3 is 2.70 bits per heavy atom. The Bertz CT molecular complexity index is 940. The molecule has 0 saturated carbocycles. The molecule has 23 heavy (non-hydrogen) atoms. The van der Waals surface area contributed by atoms with Crippen molar-refractivity contribution in [3.63, 3.8) is 0 Å². The molecule has 0 fully saturated rings. The van der Waals surface area contributed by atoms with E-state index in [9.17, 15) is 9.59 Å². The van der Waals surface area contributed by atoms with Crippen molar-refractivity contribution in [3.8, 4) is 0 Å². The first kappa shape index (κ1) is 15.1. The second kappa shape index (κ2) is 5.12. The average molecular weight is 314 g/mol. The van der Waals surface area contributed by atoms with Crippen LogP contribution in [0.15, 0.2) is 33.5 Å². The topological polar surface area (TPSA) is 92.9 Å². The van der Waals surface area contributed by atoms with Crippen LogP contribution in [0.4, 0.5) is 5.69 Å². The van der Waals surface area contributed by atoms with Crippen LogP contribution < -0.4 is 11.1 Å². The fourth-order valence-corrected chi connectivity index (χ4v) is 2.27. The number of nitrogens with zero attached hydrogens (tertiary/aromatic N) is 2. The predicted molar refractivity (Wildman–Crippen MR) is 86.7 cm³/mol. The van der Waals surface area contributed by atoms with Crippen LogP contribution in [0.3, 0.4) is 0 Å². The number of aromatic amines is 1. The minimum atomic E-state index is -0.523. The number of hydrogen-bond acceptors (Lipinski definition) is 4. The van der Waals surface area contributed by atoms with Gasteiger partial charge >= 0.3 is 5.76 Å². The molecule has 1 amide bonds. The number of carbonyl (C=O) groups is 1. The number of fused-ring (bicyclic) bond motifs is 1. The number of nitrogens with one attached hydrogen (secondary N) is 2. The molecule has 2 aromatic heterocycles. The largest absolute Gasteiger partial charge is 0.417 e. The molecule has 0 radical (unpaired) electrons. The first-order valence-electron chi connectivity index (χ1n) is 7.23. The number of rotatable bonds is 2. The molecule has 2 heterocycles. The summed E-state index contributed by atoms with van der Waals surface area (Å²) in [5.74, 6) is -0.786. The third-order valence-electron chi connectivity index (χ3n) is 3.56. The highest BCUT2D eigenvalue weighted by Gasteiger charge is 2.21. The molecular formula is C16H18N4O3. The summed E-state index contributed by atoms with van der Waals surface area (Å²) in [7, 11) is 1.74. The second-order valence-electron chi connectivity index (χ2n) is 6.47. The number of anilines is 1. The Balaban J connectivity index is 1.88. The Labute approximate surface area is 132 Å². The van der Waals surface area contributed by atoms with Crippen LogP contribution in [0, 0.1) is 0 Å². The highest BCUT2D eigenvalue weighted by atomic mass is 16.4. The number of amides is 1. The van der Waals surface area contributed by atoms with Gasteiger partial charge in [-0.05, 0) is 24.3 Å². The van der Waals surface area contributed by atoms with Gasteiger partial charge in [0.05, 0.1) is 11.2 Å². The zero-order valence-electron chi connectivity index (χ0n) is 13.4. The van der Waals surface area contributed by atoms with Gasteiger partial charge in [-0.1, -0.05) is 20.8 Å². The summed E-state index contributed by atoms with van der Waals surface area (Å²) >= 11 is 0. The molecule has 2 N–H and O–H groups in total. The zero-order chi connectivity index (χ0) is 16.8. The van der Waals surface area contributed by atoms with Gasteiger partial charge < -0.3 is 9.73 Å². The van der Waals surface area contributed by atoms with Crippen molar-refractivity contribution in [2.45, 2.75) is 26.2 Å². The lowest BCUT2D eigenvalue weighted by Gasteiger charge is -2.13. The Hall–Kier alpha value is -2.83. The Kier molecular flexibility index (Phi) is 3.35. The third kappa shape index (κ3) is 2.90. The number of aryl methyl sites for hydroxylation is 1. The average Bonchev–Trinajstić information content (AvgIpc) is 2.99. The highest BCUT2D eigenvalue weighted by Crippen LogP contribution is 2.22. The van der Waals surface area contributed by atoms with Crippen LogP contribution in [-0.4, -0.2) is 20.7 Å². The summed E-state index contributed by atoms with van der Waals surface area (Å²) in [6.07, 6.45) is 0. The van der Waals surface area contributed by atoms with Crippen LogP contribution in [0.2, 0.25) is 0 Å². The van der Waals surface area contributed by atoms with Gasteiger partial charge in [0.2, 0.25) is 0 Å². The number of hydrogen-bond donors (Lipinski definition) is 2. The number of H-pyrrole nitrogens is 1. The van der Waals surface area contributed by atoms with Gasteiger partial charge in [-0.3, -0.25) is 14.5 Å². The van der Waals surface area contributed by atoms with Crippen LogP contribution in [-0.2, 0) is 12.5 Å². The van der Waals surface area contributed by atoms with Crippen molar-refractivity contribution < 1.29 is 9.21 Å². The first-order chi connectivity index (χ1) is 10.7. The Morgan fingerprint density at radius 1 is 1.30 bits per heavy atom. The van der Waals surface area contributed by atoms with Gasteiger partial charge in [0, 0.05) is 18.2 Å². The van der Waals surface area contributed by atoms with Crippen LogP contribution >= 0.6 is 0 Å². The monoisotopic (exact) mass is 314 g/mol. The van der Waals surface area contributed by atoms with E-state index in [0.717, 1.165) is 5.69 Å². The number of aromatic nitrogens is 3. The second-order valence-corrected chi connectivity index (χ2v) is 6.47. The standard InChI is InChI=1S/C16H18N4O3/c1-16(2,3)13-8-11(20(4)19-13)14(21)17-9-5-6-12-10(7-9)18-15(22)23-12/h5-8H,1-4H3,(H,17,21)(H,18,22). The van der Waals surface area contributed by atoms with E-state index in [4.69, 9.17) is 4.42 Å². The molecule has 3 aromatic rings. The van der Waals surface area contributed by atoms with Crippen LogP contribution in [0.5, 0.6) is 0 Å². The van der Waals surface area contributed by atoms with Crippen molar-refractivity contribution in [2.24, 2.45) is 7.05 Å². The van der Waals surface area contributed by atoms with E-state index in [1.54, 1.807) is 36.0 Å². The molecule has 120 valence electrons. The normalized spacial score (nSPS) is 11.8. The van der Waals surface area contributed by atoms with E-state index in [1.165, 1.54) is 0 Å². The fraction of sp³-hybridized carbons (Fsp3) is 0.312. The van der Waals surface area contributed by atoms with E-state index < -0.39 is 5.76 Å². The van der Waals surface area contributed by atoms with Crippen molar-refractivity contribution in [1.29, 1.82) is 0 Å². The summed E-state index contributed by atoms with van der Waals surface area (Å²) in [5, 5.41) is 7.19. The quantitative estimate of drug-likeness (QED) is 0.759. The molecule has 1 aromatic carbocycles. The summed E-state index contributed by atoms with van der Waals surface area (Å²) in [5.41, 5.74) is 2.73. The fourth-order valence-electron chi connectivity index (χ4n) is 2.27. The zero-order valence-corrected chi connectivity index (χ0v) is 13.4. The smallest absolute Gasteiger partial charge is 0.408 e. The molecule has 0 unspecified atom stereocenters. The van der Waals surface area contributed by atoms with Gasteiger partial charge in [0.1, 0.15) is 5.69 Å². The van der Waals surface area contributed by atoms with E-state index in [2.05, 4.69) is 15.4 Å². The lowest BCUT2D eigenvalue weighted by molar-refractivity contribution is 0.101. The lowest BCUT2D eigenvalue weighted by atomic mass is 9.92. The SMILES string of the molecule is Cn1nc(C(C)(C)C)cc1C(=O)Nc1ccc2oc(=O)[nH]c2c1. The van der Waals surface area contributed by atoms with Crippen molar-refractivity contribution in [1.82, 2.24) is 14.8 Å². The molecule has 7 heteroatoms. The number of oxazole rings is 1. The van der Waals surface area contributed by atoms with Gasteiger partial charge in [0.15, 0.2) is 5.58 Å². The lowest BCUT2D eigenvalue weighted by Crippen LogP contribution is -2.16. The first-order valence-corrected chi connectivity index (χ1v) is 7.23. The van der Waals surface area contributed by atoms with E-state index in [1.807, 2.05) is 20.8 Å². The van der Waals surface area contributed by atoms with Crippen molar-refractivity contribution in [2.75, 3.05) is 5.32 Å². The molecule has 0 bridgehead atoms. The minimum absolute atomic E-state index is 0.133. The maximum Gasteiger partial charge on any atom is 0.417 e. The maximum atomic E-state index is 12.4. The van der Waals surface area contributed by atoms with Gasteiger partial charge in [0.25, 0.3) is 5.91 Å². The van der Waals surface area contributed by atoms with Crippen LogP contribution in [0.25, 0.3) is 11.1 Å². The molecular weight excluding hydrogens is 296 g/mol. The molecule has 3 rings (SSSR count). The molecule has 0 aliphatic heterocycles. The van der Waals surface area contributed by atoms with E-state index in [-0.39, 0.29) is 11.3 Å². The van der Waals surface area contributed by atoms with E-state index >= 15 is 0 Å². The summed E-state index contributed by atoms with van der Waals surface area (Å²) in [6.45, 7) is 6.13. The van der Waals surface area contributed by atoms with Gasteiger partial charge in [-0.25, -0.2) is 4.79 Å². The van der Waals surface area contributed by atoms with Gasteiger partial charge in [-0.15, -0.1) is 0 Å². The maximum absolute atomic E-state index is 12.4. The molecule has 0 atom stereocenters. The third-order valence-corrected chi connectivity index (χ3v) is 3.56.